The minimum absolute atomic E-state index is 0.181. The Morgan fingerprint density at radius 3 is 3.00 bits per heavy atom. The summed E-state index contributed by atoms with van der Waals surface area (Å²) in [5.74, 6) is 1.64. The first-order valence-electron chi connectivity index (χ1n) is 8.12. The fourth-order valence-electron chi connectivity index (χ4n) is 3.27. The summed E-state index contributed by atoms with van der Waals surface area (Å²) in [6.45, 7) is 2.81. The van der Waals surface area contributed by atoms with Gasteiger partial charge >= 0.3 is 0 Å². The van der Waals surface area contributed by atoms with E-state index in [1.165, 1.54) is 32.1 Å². The van der Waals surface area contributed by atoms with Crippen LogP contribution >= 0.6 is 0 Å². The van der Waals surface area contributed by atoms with Crippen LogP contribution in [0.4, 0.5) is 0 Å². The fraction of sp³-hybridized carbons (Fsp3) is 0.556. The van der Waals surface area contributed by atoms with E-state index in [1.54, 1.807) is 0 Å². The van der Waals surface area contributed by atoms with Crippen LogP contribution in [0.5, 0.6) is 0 Å². The number of benzene rings is 1. The summed E-state index contributed by atoms with van der Waals surface area (Å²) in [5.41, 5.74) is 7.12. The first kappa shape index (κ1) is 14.6. The van der Waals surface area contributed by atoms with E-state index in [0.717, 1.165) is 22.6 Å². The smallest absolute Gasteiger partial charge is 0.134 e. The Morgan fingerprint density at radius 1 is 1.33 bits per heavy atom. The first-order chi connectivity index (χ1) is 10.3. The maximum atomic E-state index is 6.22. The molecule has 1 aromatic heterocycles. The number of para-hydroxylation sites is 1. The Balaban J connectivity index is 1.57. The Labute approximate surface area is 126 Å². The van der Waals surface area contributed by atoms with E-state index in [9.17, 15) is 0 Å². The molecule has 2 aromatic rings. The summed E-state index contributed by atoms with van der Waals surface area (Å²) in [6.07, 6.45) is 6.62. The second-order valence-electron chi connectivity index (χ2n) is 6.19. The van der Waals surface area contributed by atoms with Crippen molar-refractivity contribution in [2.24, 2.45) is 11.7 Å². The highest BCUT2D eigenvalue weighted by Crippen LogP contribution is 2.29. The second-order valence-corrected chi connectivity index (χ2v) is 6.19. The van der Waals surface area contributed by atoms with Crippen LogP contribution in [0.3, 0.4) is 0 Å². The van der Waals surface area contributed by atoms with Gasteiger partial charge in [0.2, 0.25) is 0 Å². The van der Waals surface area contributed by atoms with E-state index in [0.29, 0.717) is 12.7 Å². The van der Waals surface area contributed by atoms with E-state index >= 15 is 0 Å². The van der Waals surface area contributed by atoms with Crippen molar-refractivity contribution >= 4 is 11.0 Å². The highest BCUT2D eigenvalue weighted by atomic mass is 16.5. The van der Waals surface area contributed by atoms with Gasteiger partial charge in [-0.3, -0.25) is 0 Å². The standard InChI is InChI=1S/C18H25NO2/c1-2-13-6-5-8-15(10-13)20-12-16(19)18-11-14-7-3-4-9-17(14)21-18/h3-4,7,9,11,13,15-16H,2,5-6,8,10,12,19H2,1H3. The summed E-state index contributed by atoms with van der Waals surface area (Å²) in [7, 11) is 0. The topological polar surface area (TPSA) is 48.4 Å². The minimum atomic E-state index is -0.181. The van der Waals surface area contributed by atoms with Crippen LogP contribution in [0, 0.1) is 5.92 Å². The van der Waals surface area contributed by atoms with Crippen molar-refractivity contribution in [3.8, 4) is 0 Å². The van der Waals surface area contributed by atoms with Crippen molar-refractivity contribution in [2.45, 2.75) is 51.2 Å². The molecular weight excluding hydrogens is 262 g/mol. The third kappa shape index (κ3) is 3.47. The molecule has 3 unspecified atom stereocenters. The van der Waals surface area contributed by atoms with Crippen LogP contribution in [-0.4, -0.2) is 12.7 Å². The molecule has 0 spiro atoms. The SMILES string of the molecule is CCC1CCCC(OCC(N)c2cc3ccccc3o2)C1. The van der Waals surface area contributed by atoms with Gasteiger partial charge in [-0.25, -0.2) is 0 Å². The number of hydrogen-bond donors (Lipinski definition) is 1. The largest absolute Gasteiger partial charge is 0.459 e. The molecule has 0 amide bonds. The number of fused-ring (bicyclic) bond motifs is 1. The van der Waals surface area contributed by atoms with Crippen LogP contribution in [0.15, 0.2) is 34.7 Å². The molecule has 1 aliphatic rings. The molecule has 114 valence electrons. The van der Waals surface area contributed by atoms with Gasteiger partial charge in [-0.15, -0.1) is 0 Å². The third-order valence-electron chi connectivity index (χ3n) is 4.63. The molecule has 3 nitrogen and oxygen atoms in total. The molecule has 3 heteroatoms. The maximum absolute atomic E-state index is 6.22. The molecule has 3 rings (SSSR count). The molecule has 3 atom stereocenters. The van der Waals surface area contributed by atoms with Crippen LogP contribution in [0.25, 0.3) is 11.0 Å². The van der Waals surface area contributed by atoms with Gasteiger partial charge in [0.15, 0.2) is 0 Å². The zero-order valence-electron chi connectivity index (χ0n) is 12.8. The Hall–Kier alpha value is -1.32. The lowest BCUT2D eigenvalue weighted by Crippen LogP contribution is -2.26. The lowest BCUT2D eigenvalue weighted by molar-refractivity contribution is 0.00368. The van der Waals surface area contributed by atoms with Gasteiger partial charge in [0.25, 0.3) is 0 Å². The van der Waals surface area contributed by atoms with Crippen molar-refractivity contribution in [2.75, 3.05) is 6.61 Å². The summed E-state index contributed by atoms with van der Waals surface area (Å²) in [5, 5.41) is 1.10. The molecule has 1 heterocycles. The summed E-state index contributed by atoms with van der Waals surface area (Å²) in [6, 6.07) is 9.85. The molecule has 21 heavy (non-hydrogen) atoms. The van der Waals surface area contributed by atoms with Crippen molar-refractivity contribution in [1.82, 2.24) is 0 Å². The van der Waals surface area contributed by atoms with Gasteiger partial charge in [0, 0.05) is 5.39 Å². The van der Waals surface area contributed by atoms with E-state index in [4.69, 9.17) is 14.9 Å². The van der Waals surface area contributed by atoms with Crippen LogP contribution in [0.1, 0.15) is 50.8 Å². The van der Waals surface area contributed by atoms with Gasteiger partial charge in [0.05, 0.1) is 18.8 Å². The Kier molecular flexibility index (Phi) is 4.61. The predicted molar refractivity (Wildman–Crippen MR) is 85.1 cm³/mol. The number of ether oxygens (including phenoxy) is 1. The third-order valence-corrected chi connectivity index (χ3v) is 4.63. The Morgan fingerprint density at radius 2 is 2.19 bits per heavy atom. The molecule has 0 aliphatic heterocycles. The maximum Gasteiger partial charge on any atom is 0.134 e. The number of nitrogens with two attached hydrogens (primary N) is 1. The Bertz CT molecular complexity index is 544. The van der Waals surface area contributed by atoms with Gasteiger partial charge in [0.1, 0.15) is 11.3 Å². The molecule has 1 fully saturated rings. The van der Waals surface area contributed by atoms with Crippen molar-refractivity contribution < 1.29 is 9.15 Å². The van der Waals surface area contributed by atoms with E-state index in [-0.39, 0.29) is 6.04 Å². The molecule has 0 saturated heterocycles. The normalized spacial score (nSPS) is 24.3. The van der Waals surface area contributed by atoms with Gasteiger partial charge in [-0.1, -0.05) is 44.4 Å². The lowest BCUT2D eigenvalue weighted by atomic mass is 9.85. The van der Waals surface area contributed by atoms with Crippen LogP contribution in [0.2, 0.25) is 0 Å². The first-order valence-corrected chi connectivity index (χ1v) is 8.12. The summed E-state index contributed by atoms with van der Waals surface area (Å²) >= 11 is 0. The lowest BCUT2D eigenvalue weighted by Gasteiger charge is -2.29. The molecule has 0 radical (unpaired) electrons. The highest BCUT2D eigenvalue weighted by molar-refractivity contribution is 5.77. The molecule has 2 N–H and O–H groups in total. The monoisotopic (exact) mass is 287 g/mol. The molecule has 1 aliphatic carbocycles. The fourth-order valence-corrected chi connectivity index (χ4v) is 3.27. The van der Waals surface area contributed by atoms with Crippen LogP contribution in [-0.2, 0) is 4.74 Å². The van der Waals surface area contributed by atoms with Crippen molar-refractivity contribution in [3.63, 3.8) is 0 Å². The average Bonchev–Trinajstić information content (AvgIpc) is 2.97. The highest BCUT2D eigenvalue weighted by Gasteiger charge is 2.22. The van der Waals surface area contributed by atoms with Crippen LogP contribution < -0.4 is 5.73 Å². The summed E-state index contributed by atoms with van der Waals surface area (Å²) in [4.78, 5) is 0. The zero-order chi connectivity index (χ0) is 14.7. The minimum Gasteiger partial charge on any atom is -0.459 e. The van der Waals surface area contributed by atoms with E-state index < -0.39 is 0 Å². The molecule has 0 bridgehead atoms. The number of rotatable bonds is 5. The number of hydrogen-bond acceptors (Lipinski definition) is 3. The average molecular weight is 287 g/mol. The van der Waals surface area contributed by atoms with Gasteiger partial charge in [-0.05, 0) is 30.9 Å². The van der Waals surface area contributed by atoms with Gasteiger partial charge < -0.3 is 14.9 Å². The van der Waals surface area contributed by atoms with E-state index in [2.05, 4.69) is 6.92 Å². The molecular formula is C18H25NO2. The summed E-state index contributed by atoms with van der Waals surface area (Å²) < 4.78 is 11.8. The van der Waals surface area contributed by atoms with Crippen molar-refractivity contribution in [1.29, 1.82) is 0 Å². The van der Waals surface area contributed by atoms with Gasteiger partial charge in [-0.2, -0.15) is 0 Å². The quantitative estimate of drug-likeness (QED) is 0.885. The number of furan rings is 1. The predicted octanol–water partition coefficient (Wildman–Crippen LogP) is 4.42. The second kappa shape index (κ2) is 6.63. The molecule has 1 aromatic carbocycles. The van der Waals surface area contributed by atoms with E-state index in [1.807, 2.05) is 30.3 Å². The van der Waals surface area contributed by atoms with Crippen molar-refractivity contribution in [3.05, 3.63) is 36.1 Å². The molecule has 1 saturated carbocycles. The zero-order valence-corrected chi connectivity index (χ0v) is 12.8.